The lowest BCUT2D eigenvalue weighted by atomic mass is 9.65. The van der Waals surface area contributed by atoms with E-state index in [2.05, 4.69) is 0 Å². The highest BCUT2D eigenvalue weighted by molar-refractivity contribution is 6.63. The highest BCUT2D eigenvalue weighted by Crippen LogP contribution is 1.87. The van der Waals surface area contributed by atoms with Gasteiger partial charge in [0.15, 0.2) is 0 Å². The molecule has 13 heavy (non-hydrogen) atoms. The molecule has 0 saturated heterocycles. The predicted octanol–water partition coefficient (Wildman–Crippen LogP) is 2.42. The fourth-order valence-corrected chi connectivity index (χ4v) is 0.544. The van der Waals surface area contributed by atoms with Crippen LogP contribution >= 0.6 is 0 Å². The zero-order valence-corrected chi connectivity index (χ0v) is 8.01. The number of hydrogen-bond donors (Lipinski definition) is 0. The summed E-state index contributed by atoms with van der Waals surface area (Å²) in [5, 5.41) is 0. The fraction of sp³-hybridized carbons (Fsp3) is 1.00. The van der Waals surface area contributed by atoms with Crippen molar-refractivity contribution in [2.45, 2.75) is 27.3 Å². The minimum Gasteiger partial charge on any atom is -0.499 e. The summed E-state index contributed by atoms with van der Waals surface area (Å²) in [7, 11) is 0. The van der Waals surface area contributed by atoms with Crippen LogP contribution in [0, 0.1) is 0 Å². The molecule has 0 amide bonds. The quantitative estimate of drug-likeness (QED) is 0.510. The van der Waals surface area contributed by atoms with Gasteiger partial charge in [-0.05, 0) is 0 Å². The molecule has 0 spiro atoms. The zero-order valence-electron chi connectivity index (χ0n) is 8.01. The summed E-state index contributed by atoms with van der Waals surface area (Å²) in [5.41, 5.74) is 0. The molecule has 0 aromatic rings. The molecule has 0 saturated carbocycles. The van der Waals surface area contributed by atoms with E-state index in [9.17, 15) is 0 Å². The molecule has 0 atom stereocenters. The van der Waals surface area contributed by atoms with Gasteiger partial charge < -0.3 is 4.57 Å². The van der Waals surface area contributed by atoms with Crippen LogP contribution in [0.2, 0.25) is 27.3 Å². The van der Waals surface area contributed by atoms with Crippen molar-refractivity contribution in [3.8, 4) is 0 Å². The molecule has 1 nitrogen and oxygen atoms in total. The molecule has 0 aromatic heterocycles. The van der Waals surface area contributed by atoms with Crippen molar-refractivity contribution in [3.63, 3.8) is 0 Å². The Labute approximate surface area is 75.0 Å². The molecule has 0 bridgehead atoms. The van der Waals surface area contributed by atoms with Gasteiger partial charge in [0.05, 0.1) is 0 Å². The van der Waals surface area contributed by atoms with Gasteiger partial charge in [-0.1, -0.05) is 27.3 Å². The topological polar surface area (TPSA) is 9.23 Å². The molecule has 0 fully saturated rings. The maximum Gasteiger partial charge on any atom is 0.269 e. The lowest BCUT2D eigenvalue weighted by Crippen LogP contribution is -2.17. The van der Waals surface area contributed by atoms with E-state index in [0.29, 0.717) is 13.8 Å². The van der Waals surface area contributed by atoms with Crippen molar-refractivity contribution in [2.24, 2.45) is 0 Å². The molecule has 0 radical (unpaired) electrons. The Morgan fingerprint density at radius 1 is 0.538 bits per heavy atom. The van der Waals surface area contributed by atoms with Crippen LogP contribution in [0.4, 0.5) is 28.2 Å². The third kappa shape index (κ3) is 81.0. The summed E-state index contributed by atoms with van der Waals surface area (Å²) in [5.74, 6) is 0. The number of rotatable bonds is 2. The lowest BCUT2D eigenvalue weighted by molar-refractivity contribution is 0.608. The normalized spacial score (nSPS) is 4.62. The standard InChI is InChI=1S/C4H12B2O.6FH/c1-5(2)7-6(3)4;;;;;;/h1-4H3;6*1H. The van der Waals surface area contributed by atoms with Crippen molar-refractivity contribution in [1.82, 2.24) is 0 Å². The Hall–Kier alpha value is -0.330. The summed E-state index contributed by atoms with van der Waals surface area (Å²) in [4.78, 5) is 0. The van der Waals surface area contributed by atoms with Gasteiger partial charge in [-0.2, -0.15) is 0 Å². The first-order valence-corrected chi connectivity index (χ1v) is 2.78. The summed E-state index contributed by atoms with van der Waals surface area (Å²) >= 11 is 0. The molecule has 0 heterocycles. The second-order valence-corrected chi connectivity index (χ2v) is 2.23. The van der Waals surface area contributed by atoms with Crippen molar-refractivity contribution < 1.29 is 32.8 Å². The molecule has 0 aliphatic rings. The second-order valence-electron chi connectivity index (χ2n) is 2.23. The van der Waals surface area contributed by atoms with Crippen molar-refractivity contribution >= 4 is 13.8 Å². The molecule has 0 N–H and O–H groups in total. The van der Waals surface area contributed by atoms with Crippen molar-refractivity contribution in [3.05, 3.63) is 0 Å². The largest absolute Gasteiger partial charge is 0.499 e. The molecular formula is C4H18B2F6O. The Kier molecular flexibility index (Phi) is 123. The number of hydrogen-bond acceptors (Lipinski definition) is 1. The molecule has 88 valence electrons. The van der Waals surface area contributed by atoms with E-state index in [-0.39, 0.29) is 28.2 Å². The number of halogens is 6. The highest BCUT2D eigenvalue weighted by Gasteiger charge is 2.03. The third-order valence-electron chi connectivity index (χ3n) is 0.544. The van der Waals surface area contributed by atoms with Gasteiger partial charge in [0.25, 0.3) is 13.8 Å². The average Bonchev–Trinajstić information content (AvgIpc) is 1.27. The monoisotopic (exact) mass is 218 g/mol. The molecule has 0 aliphatic carbocycles. The minimum absolute atomic E-state index is 0. The average molecular weight is 218 g/mol. The van der Waals surface area contributed by atoms with Crippen molar-refractivity contribution in [1.29, 1.82) is 0 Å². The zero-order chi connectivity index (χ0) is 5.86. The van der Waals surface area contributed by atoms with Gasteiger partial charge in [0.1, 0.15) is 0 Å². The van der Waals surface area contributed by atoms with Gasteiger partial charge >= 0.3 is 0 Å². The van der Waals surface area contributed by atoms with Crippen LogP contribution in [0.15, 0.2) is 0 Å². The molecular weight excluding hydrogens is 200 g/mol. The van der Waals surface area contributed by atoms with E-state index >= 15 is 0 Å². The van der Waals surface area contributed by atoms with Gasteiger partial charge in [0, 0.05) is 0 Å². The highest BCUT2D eigenvalue weighted by atomic mass is 19.0. The Morgan fingerprint density at radius 3 is 0.692 bits per heavy atom. The van der Waals surface area contributed by atoms with Crippen LogP contribution in [-0.4, -0.2) is 13.8 Å². The Morgan fingerprint density at radius 2 is 0.692 bits per heavy atom. The van der Waals surface area contributed by atoms with Gasteiger partial charge in [-0.25, -0.2) is 0 Å². The van der Waals surface area contributed by atoms with Crippen LogP contribution in [0.25, 0.3) is 0 Å². The molecule has 0 aromatic carbocycles. The maximum atomic E-state index is 5.25. The van der Waals surface area contributed by atoms with Gasteiger partial charge in [0.2, 0.25) is 0 Å². The van der Waals surface area contributed by atoms with Crippen LogP contribution in [-0.2, 0) is 4.57 Å². The summed E-state index contributed by atoms with van der Waals surface area (Å²) in [6.07, 6.45) is 0. The third-order valence-corrected chi connectivity index (χ3v) is 0.544. The first kappa shape index (κ1) is 53.7. The van der Waals surface area contributed by atoms with E-state index in [1.165, 1.54) is 0 Å². The Balaban J connectivity index is -0.0000000120. The fourth-order valence-electron chi connectivity index (χ4n) is 0.544. The van der Waals surface area contributed by atoms with Crippen LogP contribution in [0.3, 0.4) is 0 Å². The minimum atomic E-state index is 0. The molecule has 9 heteroatoms. The molecule has 0 aliphatic heterocycles. The predicted molar refractivity (Wildman–Crippen MR) is 51.1 cm³/mol. The molecule has 0 unspecified atom stereocenters. The summed E-state index contributed by atoms with van der Waals surface area (Å²) < 4.78 is 5.25. The Bertz CT molecular complexity index is 51.9. The maximum absolute atomic E-state index is 5.25. The van der Waals surface area contributed by atoms with Gasteiger partial charge in [-0.3, -0.25) is 28.2 Å². The van der Waals surface area contributed by atoms with E-state index in [1.807, 2.05) is 27.3 Å². The van der Waals surface area contributed by atoms with E-state index in [0.717, 1.165) is 0 Å². The first-order valence-electron chi connectivity index (χ1n) is 2.78. The van der Waals surface area contributed by atoms with E-state index in [4.69, 9.17) is 4.57 Å². The molecule has 0 rings (SSSR count). The summed E-state index contributed by atoms with van der Waals surface area (Å²) in [6, 6.07) is 0. The van der Waals surface area contributed by atoms with Crippen LogP contribution in [0.5, 0.6) is 0 Å². The summed E-state index contributed by atoms with van der Waals surface area (Å²) in [6.45, 7) is 8.92. The van der Waals surface area contributed by atoms with E-state index in [1.54, 1.807) is 0 Å². The van der Waals surface area contributed by atoms with E-state index < -0.39 is 0 Å². The lowest BCUT2D eigenvalue weighted by Gasteiger charge is -2.04. The smallest absolute Gasteiger partial charge is 0.269 e. The van der Waals surface area contributed by atoms with Crippen molar-refractivity contribution in [2.75, 3.05) is 0 Å². The second kappa shape index (κ2) is 29.9. The van der Waals surface area contributed by atoms with Crippen LogP contribution < -0.4 is 0 Å². The SMILES string of the molecule is CB(C)OB(C)C.F.F.F.F.F.F. The van der Waals surface area contributed by atoms with Crippen LogP contribution in [0.1, 0.15) is 0 Å². The first-order chi connectivity index (χ1) is 3.13. The van der Waals surface area contributed by atoms with Gasteiger partial charge in [-0.15, -0.1) is 0 Å².